The van der Waals surface area contributed by atoms with Crippen LogP contribution in [0.25, 0.3) is 0 Å². The zero-order chi connectivity index (χ0) is 25.2. The molecule has 2 rings (SSSR count). The van der Waals surface area contributed by atoms with Crippen LogP contribution >= 0.6 is 0 Å². The maximum atomic E-state index is 13.1. The third kappa shape index (κ3) is 8.33. The molecule has 0 radical (unpaired) electrons. The van der Waals surface area contributed by atoms with Gasteiger partial charge in [-0.3, -0.25) is 4.79 Å². The zero-order valence-corrected chi connectivity index (χ0v) is 21.0. The predicted octanol–water partition coefficient (Wildman–Crippen LogP) is 6.17. The molecule has 1 amide bonds. The van der Waals surface area contributed by atoms with E-state index in [1.54, 1.807) is 12.1 Å². The van der Waals surface area contributed by atoms with Gasteiger partial charge in [0.15, 0.2) is 11.5 Å². The monoisotopic (exact) mass is 457 g/mol. The number of benzene rings is 2. The summed E-state index contributed by atoms with van der Waals surface area (Å²) in [6, 6.07) is 9.20. The number of carboxylic acid groups (broad SMARTS) is 1. The van der Waals surface area contributed by atoms with E-state index in [9.17, 15) is 9.59 Å². The van der Waals surface area contributed by atoms with E-state index in [2.05, 4.69) is 5.32 Å². The van der Waals surface area contributed by atoms with Gasteiger partial charge in [-0.05, 0) is 98.7 Å². The number of hydrogen-bond acceptors (Lipinski definition) is 5. The van der Waals surface area contributed by atoms with E-state index < -0.39 is 28.7 Å². The van der Waals surface area contributed by atoms with E-state index in [0.29, 0.717) is 28.5 Å². The highest BCUT2D eigenvalue weighted by Crippen LogP contribution is 2.43. The smallest absolute Gasteiger partial charge is 0.335 e. The van der Waals surface area contributed by atoms with E-state index in [1.807, 2.05) is 62.3 Å². The molecule has 2 aromatic rings. The minimum absolute atomic E-state index is 0.137. The summed E-state index contributed by atoms with van der Waals surface area (Å²) in [4.78, 5) is 24.1. The summed E-state index contributed by atoms with van der Waals surface area (Å²) in [6.07, 6.45) is 0. The molecule has 33 heavy (non-hydrogen) atoms. The molecule has 0 aliphatic carbocycles. The Kier molecular flexibility index (Phi) is 7.36. The first-order valence-electron chi connectivity index (χ1n) is 10.8. The van der Waals surface area contributed by atoms with Crippen LogP contribution in [0.1, 0.15) is 83.0 Å². The number of carbonyl (C=O) groups excluding carboxylic acids is 1. The van der Waals surface area contributed by atoms with Gasteiger partial charge < -0.3 is 24.6 Å². The molecule has 0 heterocycles. The quantitative estimate of drug-likeness (QED) is 0.539. The number of ether oxygens (including phenoxy) is 3. The van der Waals surface area contributed by atoms with Crippen LogP contribution in [0.2, 0.25) is 0 Å². The van der Waals surface area contributed by atoms with Gasteiger partial charge in [0.2, 0.25) is 5.75 Å². The Morgan fingerprint density at radius 3 is 1.48 bits per heavy atom. The first kappa shape index (κ1) is 26.0. The second-order valence-corrected chi connectivity index (χ2v) is 10.8. The molecule has 0 saturated heterocycles. The third-order valence-corrected chi connectivity index (χ3v) is 3.91. The Bertz CT molecular complexity index is 968. The molecule has 0 fully saturated rings. The largest absolute Gasteiger partial charge is 0.484 e. The van der Waals surface area contributed by atoms with Crippen molar-refractivity contribution in [3.05, 3.63) is 47.5 Å². The maximum Gasteiger partial charge on any atom is 0.335 e. The van der Waals surface area contributed by atoms with E-state index >= 15 is 0 Å². The zero-order valence-electron chi connectivity index (χ0n) is 21.0. The van der Waals surface area contributed by atoms with Gasteiger partial charge in [0.05, 0.1) is 5.56 Å². The van der Waals surface area contributed by atoms with Crippen molar-refractivity contribution in [2.75, 3.05) is 5.32 Å². The number of amides is 1. The van der Waals surface area contributed by atoms with Crippen molar-refractivity contribution in [1.82, 2.24) is 0 Å². The summed E-state index contributed by atoms with van der Waals surface area (Å²) in [5.74, 6) is -0.209. The topological polar surface area (TPSA) is 94.1 Å². The van der Waals surface area contributed by atoms with Crippen molar-refractivity contribution in [3.8, 4) is 17.2 Å². The Hall–Kier alpha value is -3.22. The summed E-state index contributed by atoms with van der Waals surface area (Å²) in [5.41, 5.74) is -0.693. The third-order valence-electron chi connectivity index (χ3n) is 3.91. The highest BCUT2D eigenvalue weighted by Gasteiger charge is 2.28. The predicted molar refractivity (Wildman–Crippen MR) is 129 cm³/mol. The molecule has 7 nitrogen and oxygen atoms in total. The average molecular weight is 458 g/mol. The Morgan fingerprint density at radius 2 is 1.12 bits per heavy atom. The molecular weight excluding hydrogens is 422 g/mol. The van der Waals surface area contributed by atoms with Crippen molar-refractivity contribution in [2.45, 2.75) is 79.1 Å². The first-order valence-corrected chi connectivity index (χ1v) is 10.8. The molecule has 0 saturated carbocycles. The second kappa shape index (κ2) is 9.33. The molecular formula is C26H35NO6. The highest BCUT2D eigenvalue weighted by molar-refractivity contribution is 6.05. The number of carboxylic acids is 1. The van der Waals surface area contributed by atoms with Gasteiger partial charge in [0.25, 0.3) is 5.91 Å². The summed E-state index contributed by atoms with van der Waals surface area (Å²) < 4.78 is 18.5. The van der Waals surface area contributed by atoms with Gasteiger partial charge in [-0.1, -0.05) is 0 Å². The number of rotatable bonds is 6. The number of carbonyl (C=O) groups is 2. The van der Waals surface area contributed by atoms with Gasteiger partial charge in [0, 0.05) is 11.3 Å². The normalized spacial score (nSPS) is 12.2. The molecule has 7 heteroatoms. The lowest BCUT2D eigenvalue weighted by molar-refractivity contribution is 0.0696. The molecule has 2 aromatic carbocycles. The number of hydrogen-bond donors (Lipinski definition) is 2. The minimum Gasteiger partial charge on any atom is -0.484 e. The van der Waals surface area contributed by atoms with Gasteiger partial charge in [-0.2, -0.15) is 0 Å². The fraction of sp³-hybridized carbons (Fsp3) is 0.462. The van der Waals surface area contributed by atoms with Crippen LogP contribution in [0.3, 0.4) is 0 Å². The van der Waals surface area contributed by atoms with Crippen molar-refractivity contribution in [3.63, 3.8) is 0 Å². The van der Waals surface area contributed by atoms with Crippen LogP contribution in [0.5, 0.6) is 17.2 Å². The Morgan fingerprint density at radius 1 is 0.697 bits per heavy atom. The van der Waals surface area contributed by atoms with Gasteiger partial charge in [0.1, 0.15) is 16.8 Å². The van der Waals surface area contributed by atoms with E-state index in [-0.39, 0.29) is 5.56 Å². The molecule has 0 aromatic heterocycles. The Balaban J connectivity index is 2.54. The number of nitrogens with one attached hydrogen (secondary N) is 1. The fourth-order valence-corrected chi connectivity index (χ4v) is 2.83. The van der Waals surface area contributed by atoms with Crippen LogP contribution in [-0.2, 0) is 0 Å². The number of anilines is 1. The second-order valence-electron chi connectivity index (χ2n) is 10.8. The average Bonchev–Trinajstić information content (AvgIpc) is 2.61. The van der Waals surface area contributed by atoms with Gasteiger partial charge >= 0.3 is 5.97 Å². The minimum atomic E-state index is -1.03. The maximum absolute atomic E-state index is 13.1. The summed E-state index contributed by atoms with van der Waals surface area (Å²) in [6.45, 7) is 17.2. The van der Waals surface area contributed by atoms with Crippen LogP contribution in [-0.4, -0.2) is 33.8 Å². The van der Waals surface area contributed by atoms with Crippen molar-refractivity contribution in [2.24, 2.45) is 0 Å². The standard InChI is InChI=1S/C26H35NO6/c1-24(2,3)31-19-14-17(22(28)27-18-12-10-16(11-13-18)23(29)30)15-20(32-25(4,5)6)21(19)33-26(7,8)9/h10-15H,1-9H3,(H,27,28)(H,29,30). The first-order chi connectivity index (χ1) is 14.9. The summed E-state index contributed by atoms with van der Waals surface area (Å²) in [7, 11) is 0. The van der Waals surface area contributed by atoms with Crippen molar-refractivity contribution in [1.29, 1.82) is 0 Å². The molecule has 180 valence electrons. The van der Waals surface area contributed by atoms with Crippen molar-refractivity contribution < 1.29 is 28.9 Å². The van der Waals surface area contributed by atoms with Crippen molar-refractivity contribution >= 4 is 17.6 Å². The highest BCUT2D eigenvalue weighted by atomic mass is 16.6. The Labute approximate surface area is 196 Å². The van der Waals surface area contributed by atoms with E-state index in [0.717, 1.165) is 0 Å². The molecule has 0 aliphatic heterocycles. The molecule has 0 aliphatic rings. The lowest BCUT2D eigenvalue weighted by Crippen LogP contribution is -2.29. The number of aromatic carboxylic acids is 1. The molecule has 0 unspecified atom stereocenters. The van der Waals surface area contributed by atoms with E-state index in [4.69, 9.17) is 19.3 Å². The lowest BCUT2D eigenvalue weighted by Gasteiger charge is -2.31. The van der Waals surface area contributed by atoms with Crippen LogP contribution in [0.4, 0.5) is 5.69 Å². The van der Waals surface area contributed by atoms with Crippen LogP contribution in [0, 0.1) is 0 Å². The summed E-state index contributed by atoms with van der Waals surface area (Å²) >= 11 is 0. The van der Waals surface area contributed by atoms with Gasteiger partial charge in [-0.15, -0.1) is 0 Å². The summed E-state index contributed by atoms with van der Waals surface area (Å²) in [5, 5.41) is 11.9. The molecule has 0 atom stereocenters. The lowest BCUT2D eigenvalue weighted by atomic mass is 10.1. The molecule has 0 bridgehead atoms. The van der Waals surface area contributed by atoms with Gasteiger partial charge in [-0.25, -0.2) is 4.79 Å². The van der Waals surface area contributed by atoms with Crippen LogP contribution in [0.15, 0.2) is 36.4 Å². The molecule has 0 spiro atoms. The SMILES string of the molecule is CC(C)(C)Oc1cc(C(=O)Nc2ccc(C(=O)O)cc2)cc(OC(C)(C)C)c1OC(C)(C)C. The van der Waals surface area contributed by atoms with Crippen LogP contribution < -0.4 is 19.5 Å². The fourth-order valence-electron chi connectivity index (χ4n) is 2.83. The molecule has 2 N–H and O–H groups in total. The van der Waals surface area contributed by atoms with E-state index in [1.165, 1.54) is 24.3 Å².